The fourth-order valence-electron chi connectivity index (χ4n) is 0.765. The van der Waals surface area contributed by atoms with Crippen LogP contribution in [0.3, 0.4) is 0 Å². The molecule has 0 aromatic carbocycles. The van der Waals surface area contributed by atoms with E-state index in [2.05, 4.69) is 10.3 Å². The third kappa shape index (κ3) is 2.69. The number of aliphatic hydroxyl groups excluding tert-OH is 1. The molecule has 0 aliphatic heterocycles. The third-order valence-corrected chi connectivity index (χ3v) is 1.39. The number of alkyl halides is 3. The van der Waals surface area contributed by atoms with Crippen LogP contribution in [0.25, 0.3) is 0 Å². The van der Waals surface area contributed by atoms with Crippen molar-refractivity contribution >= 4 is 0 Å². The van der Waals surface area contributed by atoms with Crippen molar-refractivity contribution in [1.29, 1.82) is 0 Å². The first kappa shape index (κ1) is 9.97. The van der Waals surface area contributed by atoms with Gasteiger partial charge in [-0.1, -0.05) is 5.21 Å². The van der Waals surface area contributed by atoms with Crippen molar-refractivity contribution in [2.24, 2.45) is 0 Å². The molecule has 4 nitrogen and oxygen atoms in total. The summed E-state index contributed by atoms with van der Waals surface area (Å²) < 4.78 is 36.4. The lowest BCUT2D eigenvalue weighted by molar-refractivity contribution is -0.208. The predicted molar refractivity (Wildman–Crippen MR) is 36.8 cm³/mol. The van der Waals surface area contributed by atoms with Gasteiger partial charge in [0.25, 0.3) is 0 Å². The Morgan fingerprint density at radius 3 is 2.62 bits per heavy atom. The van der Waals surface area contributed by atoms with Crippen LogP contribution >= 0.6 is 0 Å². The van der Waals surface area contributed by atoms with Gasteiger partial charge in [-0.25, -0.2) is 4.68 Å². The zero-order chi connectivity index (χ0) is 10.1. The van der Waals surface area contributed by atoms with Crippen molar-refractivity contribution < 1.29 is 18.3 Å². The van der Waals surface area contributed by atoms with Gasteiger partial charge in [0.15, 0.2) is 6.10 Å². The first-order chi connectivity index (χ1) is 5.89. The largest absolute Gasteiger partial charge is 0.416 e. The maximum absolute atomic E-state index is 11.8. The minimum absolute atomic E-state index is 0.509. The lowest BCUT2D eigenvalue weighted by Crippen LogP contribution is -2.32. The quantitative estimate of drug-likeness (QED) is 0.748. The van der Waals surface area contributed by atoms with E-state index in [1.54, 1.807) is 6.92 Å². The molecule has 0 saturated carbocycles. The van der Waals surface area contributed by atoms with Gasteiger partial charge in [-0.15, -0.1) is 5.10 Å². The van der Waals surface area contributed by atoms with E-state index in [9.17, 15) is 13.2 Å². The highest BCUT2D eigenvalue weighted by atomic mass is 19.4. The smallest absolute Gasteiger partial charge is 0.382 e. The molecule has 0 spiro atoms. The average molecular weight is 195 g/mol. The van der Waals surface area contributed by atoms with Crippen molar-refractivity contribution in [2.75, 3.05) is 0 Å². The molecule has 1 unspecified atom stereocenters. The Labute approximate surface area is 72.0 Å². The van der Waals surface area contributed by atoms with Gasteiger partial charge in [0.1, 0.15) is 0 Å². The summed E-state index contributed by atoms with van der Waals surface area (Å²) in [6.07, 6.45) is -5.68. The van der Waals surface area contributed by atoms with Gasteiger partial charge < -0.3 is 5.11 Å². The standard InChI is InChI=1S/C6H8F3N3O/c1-4-2-12(11-10-4)3-5(13)6(7,8)9/h2,5,13H,3H2,1H3. The van der Waals surface area contributed by atoms with E-state index in [1.165, 1.54) is 6.20 Å². The van der Waals surface area contributed by atoms with E-state index in [0.29, 0.717) is 5.69 Å². The van der Waals surface area contributed by atoms with Crippen LogP contribution in [0.5, 0.6) is 0 Å². The predicted octanol–water partition coefficient (Wildman–Crippen LogP) is 0.510. The van der Waals surface area contributed by atoms with Gasteiger partial charge in [0.2, 0.25) is 0 Å². The summed E-state index contributed by atoms with van der Waals surface area (Å²) in [4.78, 5) is 0. The number of rotatable bonds is 2. The van der Waals surface area contributed by atoms with Gasteiger partial charge in [0.05, 0.1) is 12.2 Å². The molecule has 0 aliphatic rings. The molecule has 0 bridgehead atoms. The van der Waals surface area contributed by atoms with Crippen LogP contribution in [0.15, 0.2) is 6.20 Å². The van der Waals surface area contributed by atoms with Crippen LogP contribution in [-0.4, -0.2) is 32.4 Å². The first-order valence-corrected chi connectivity index (χ1v) is 3.51. The fraction of sp³-hybridized carbons (Fsp3) is 0.667. The normalized spacial score (nSPS) is 14.5. The zero-order valence-corrected chi connectivity index (χ0v) is 6.78. The molecule has 1 N–H and O–H groups in total. The molecule has 1 heterocycles. The Balaban J connectivity index is 2.60. The van der Waals surface area contributed by atoms with Gasteiger partial charge >= 0.3 is 6.18 Å². The molecule has 1 aromatic rings. The molecule has 0 amide bonds. The van der Waals surface area contributed by atoms with Crippen molar-refractivity contribution in [3.8, 4) is 0 Å². The Kier molecular flexibility index (Phi) is 2.55. The summed E-state index contributed by atoms with van der Waals surface area (Å²) in [5, 5.41) is 15.5. The topological polar surface area (TPSA) is 50.9 Å². The Morgan fingerprint density at radius 1 is 1.62 bits per heavy atom. The van der Waals surface area contributed by atoms with E-state index >= 15 is 0 Å². The molecule has 1 rings (SSSR count). The van der Waals surface area contributed by atoms with E-state index in [0.717, 1.165) is 4.68 Å². The highest BCUT2D eigenvalue weighted by molar-refractivity contribution is 4.87. The maximum Gasteiger partial charge on any atom is 0.416 e. The minimum atomic E-state index is -4.61. The summed E-state index contributed by atoms with van der Waals surface area (Å²) in [5.74, 6) is 0. The van der Waals surface area contributed by atoms with Crippen LogP contribution < -0.4 is 0 Å². The number of nitrogens with zero attached hydrogens (tertiary/aromatic N) is 3. The lowest BCUT2D eigenvalue weighted by atomic mass is 10.3. The number of hydrogen-bond donors (Lipinski definition) is 1. The summed E-state index contributed by atoms with van der Waals surface area (Å²) in [7, 11) is 0. The molecule has 74 valence electrons. The van der Waals surface area contributed by atoms with Crippen LogP contribution in [0.4, 0.5) is 13.2 Å². The average Bonchev–Trinajstić information content (AvgIpc) is 2.33. The molecular weight excluding hydrogens is 187 g/mol. The van der Waals surface area contributed by atoms with Crippen LogP contribution in [0, 0.1) is 6.92 Å². The summed E-state index contributed by atoms with van der Waals surface area (Å²) in [6, 6.07) is 0. The molecule has 7 heteroatoms. The van der Waals surface area contributed by atoms with Gasteiger partial charge in [-0.3, -0.25) is 0 Å². The van der Waals surface area contributed by atoms with Gasteiger partial charge in [0, 0.05) is 6.20 Å². The molecule has 1 aromatic heterocycles. The number of aliphatic hydroxyl groups is 1. The van der Waals surface area contributed by atoms with Crippen molar-refractivity contribution in [2.45, 2.75) is 25.7 Å². The maximum atomic E-state index is 11.8. The second kappa shape index (κ2) is 3.33. The Hall–Kier alpha value is -1.11. The fourth-order valence-corrected chi connectivity index (χ4v) is 0.765. The number of aryl methyl sites for hydroxylation is 1. The Bertz CT molecular complexity index is 283. The second-order valence-corrected chi connectivity index (χ2v) is 2.64. The Morgan fingerprint density at radius 2 is 2.23 bits per heavy atom. The molecular formula is C6H8F3N3O. The van der Waals surface area contributed by atoms with E-state index in [4.69, 9.17) is 5.11 Å². The SMILES string of the molecule is Cc1cn(CC(O)C(F)(F)F)nn1. The molecule has 0 fully saturated rings. The van der Waals surface area contributed by atoms with E-state index < -0.39 is 18.8 Å². The van der Waals surface area contributed by atoms with Crippen LogP contribution in [0.1, 0.15) is 5.69 Å². The van der Waals surface area contributed by atoms with E-state index in [1.807, 2.05) is 0 Å². The number of aromatic nitrogens is 3. The second-order valence-electron chi connectivity index (χ2n) is 2.64. The first-order valence-electron chi connectivity index (χ1n) is 3.51. The third-order valence-electron chi connectivity index (χ3n) is 1.39. The van der Waals surface area contributed by atoms with Gasteiger partial charge in [-0.2, -0.15) is 13.2 Å². The lowest BCUT2D eigenvalue weighted by Gasteiger charge is -2.13. The number of hydrogen-bond acceptors (Lipinski definition) is 3. The molecule has 13 heavy (non-hydrogen) atoms. The van der Waals surface area contributed by atoms with Gasteiger partial charge in [-0.05, 0) is 6.92 Å². The zero-order valence-electron chi connectivity index (χ0n) is 6.78. The molecule has 0 saturated heterocycles. The van der Waals surface area contributed by atoms with E-state index in [-0.39, 0.29) is 0 Å². The monoisotopic (exact) mass is 195 g/mol. The highest BCUT2D eigenvalue weighted by Crippen LogP contribution is 2.20. The minimum Gasteiger partial charge on any atom is -0.382 e. The molecule has 0 radical (unpaired) electrons. The van der Waals surface area contributed by atoms with Crippen LogP contribution in [-0.2, 0) is 6.54 Å². The van der Waals surface area contributed by atoms with Crippen molar-refractivity contribution in [1.82, 2.24) is 15.0 Å². The van der Waals surface area contributed by atoms with Crippen LogP contribution in [0.2, 0.25) is 0 Å². The summed E-state index contributed by atoms with van der Waals surface area (Å²) in [5.41, 5.74) is 0.509. The number of halogens is 3. The molecule has 1 atom stereocenters. The van der Waals surface area contributed by atoms with Crippen molar-refractivity contribution in [3.05, 3.63) is 11.9 Å². The van der Waals surface area contributed by atoms with Crippen molar-refractivity contribution in [3.63, 3.8) is 0 Å². The summed E-state index contributed by atoms with van der Waals surface area (Å²) >= 11 is 0. The summed E-state index contributed by atoms with van der Waals surface area (Å²) in [6.45, 7) is 0.980. The molecule has 0 aliphatic carbocycles. The highest BCUT2D eigenvalue weighted by Gasteiger charge is 2.38.